The second-order valence-corrected chi connectivity index (χ2v) is 10.6. The van der Waals surface area contributed by atoms with Gasteiger partial charge in [0.05, 0.1) is 0 Å². The molecule has 0 aromatic heterocycles. The van der Waals surface area contributed by atoms with E-state index in [-0.39, 0.29) is 20.4 Å². The Morgan fingerprint density at radius 1 is 0.839 bits per heavy atom. The summed E-state index contributed by atoms with van der Waals surface area (Å²) in [6, 6.07) is 9.63. The van der Waals surface area contributed by atoms with E-state index in [2.05, 4.69) is 0 Å². The Morgan fingerprint density at radius 2 is 1.39 bits per heavy atom. The van der Waals surface area contributed by atoms with Gasteiger partial charge in [0.1, 0.15) is 0 Å². The van der Waals surface area contributed by atoms with Crippen LogP contribution in [0.4, 0.5) is 0 Å². The van der Waals surface area contributed by atoms with E-state index >= 15 is 0 Å². The molecule has 0 saturated carbocycles. The molecule has 2 rings (SSSR count). The van der Waals surface area contributed by atoms with Crippen LogP contribution in [0.15, 0.2) is 30.3 Å². The molecule has 0 unspecified atom stereocenters. The molecule has 5 atom stereocenters. The van der Waals surface area contributed by atoms with Crippen LogP contribution < -0.4 is 4.46 Å². The standard InChI is InChI=1S/C20H24O9SSe/c1-11(21)25-10-16-17(26-12(2)22)18(27-13(3)23)19(28-14(4)24)20(29-16)30-31-15-8-6-5-7-9-15/h5-9,16-20H,10H2,1-4H3/t16-,17+,18+,19-,20+/m1/s1. The van der Waals surface area contributed by atoms with Crippen LogP contribution in [0.1, 0.15) is 27.7 Å². The van der Waals surface area contributed by atoms with Crippen LogP contribution >= 0.6 is 10.2 Å². The molecule has 1 aromatic carbocycles. The zero-order chi connectivity index (χ0) is 23.0. The number of hydrogen-bond acceptors (Lipinski definition) is 10. The topological polar surface area (TPSA) is 114 Å². The molecular weight excluding hydrogens is 495 g/mol. The summed E-state index contributed by atoms with van der Waals surface area (Å²) in [5.74, 6) is -2.46. The fourth-order valence-corrected chi connectivity index (χ4v) is 6.97. The zero-order valence-corrected chi connectivity index (χ0v) is 20.0. The molecule has 1 aromatic rings. The van der Waals surface area contributed by atoms with Crippen molar-refractivity contribution in [3.05, 3.63) is 30.3 Å². The number of esters is 4. The molecule has 9 nitrogen and oxygen atoms in total. The number of carbonyl (C=O) groups is 4. The predicted octanol–water partition coefficient (Wildman–Crippen LogP) is 0.747. The van der Waals surface area contributed by atoms with Gasteiger partial charge in [-0.05, 0) is 0 Å². The number of benzene rings is 1. The van der Waals surface area contributed by atoms with Crippen molar-refractivity contribution in [3.8, 4) is 0 Å². The summed E-state index contributed by atoms with van der Waals surface area (Å²) in [6.45, 7) is 4.61. The molecule has 0 aliphatic carbocycles. The van der Waals surface area contributed by atoms with Crippen LogP contribution in [-0.2, 0) is 42.9 Å². The summed E-state index contributed by atoms with van der Waals surface area (Å²) in [5.41, 5.74) is -0.749. The van der Waals surface area contributed by atoms with E-state index in [9.17, 15) is 19.2 Å². The number of carbonyl (C=O) groups excluding carboxylic acids is 4. The van der Waals surface area contributed by atoms with Crippen molar-refractivity contribution in [2.45, 2.75) is 57.5 Å². The van der Waals surface area contributed by atoms with E-state index in [0.717, 1.165) is 4.46 Å². The molecular formula is C20H24O9SSe. The molecule has 1 aliphatic rings. The van der Waals surface area contributed by atoms with Crippen molar-refractivity contribution in [1.29, 1.82) is 0 Å². The van der Waals surface area contributed by atoms with Crippen molar-refractivity contribution in [3.63, 3.8) is 0 Å². The van der Waals surface area contributed by atoms with E-state index in [1.54, 1.807) is 0 Å². The average molecular weight is 519 g/mol. The molecule has 170 valence electrons. The minimum absolute atomic E-state index is 0.134. The first-order valence-electron chi connectivity index (χ1n) is 9.36. The third kappa shape index (κ3) is 8.17. The second-order valence-electron chi connectivity index (χ2n) is 6.56. The van der Waals surface area contributed by atoms with Gasteiger partial charge in [-0.2, -0.15) is 0 Å². The number of rotatable bonds is 8. The Hall–Kier alpha value is -2.07. The van der Waals surface area contributed by atoms with Gasteiger partial charge in [-0.25, -0.2) is 0 Å². The minimum atomic E-state index is -1.14. The first kappa shape index (κ1) is 25.2. The molecule has 0 N–H and O–H groups in total. The van der Waals surface area contributed by atoms with Crippen LogP contribution in [0.3, 0.4) is 0 Å². The van der Waals surface area contributed by atoms with Gasteiger partial charge in [-0.15, -0.1) is 0 Å². The summed E-state index contributed by atoms with van der Waals surface area (Å²) in [7, 11) is 1.38. The monoisotopic (exact) mass is 520 g/mol. The number of ether oxygens (including phenoxy) is 5. The van der Waals surface area contributed by atoms with Crippen molar-refractivity contribution in [1.82, 2.24) is 0 Å². The summed E-state index contributed by atoms with van der Waals surface area (Å²) < 4.78 is 28.4. The summed E-state index contributed by atoms with van der Waals surface area (Å²) >= 11 is -0.134. The Morgan fingerprint density at radius 3 is 1.94 bits per heavy atom. The number of hydrogen-bond donors (Lipinski definition) is 0. The summed E-state index contributed by atoms with van der Waals surface area (Å²) in [4.78, 5) is 46.6. The summed E-state index contributed by atoms with van der Waals surface area (Å²) in [6.07, 6.45) is -4.22. The van der Waals surface area contributed by atoms with Gasteiger partial charge in [0.15, 0.2) is 0 Å². The maximum atomic E-state index is 11.8. The third-order valence-electron chi connectivity index (χ3n) is 3.93. The SMILES string of the molecule is CC(=O)OC[C@H]1O[C@@H](S[Se]c2ccccc2)[C@H](OC(C)=O)[C@@H](OC(C)=O)[C@H]1OC(C)=O. The predicted molar refractivity (Wildman–Crippen MR) is 111 cm³/mol. The molecule has 1 saturated heterocycles. The van der Waals surface area contributed by atoms with E-state index in [4.69, 9.17) is 23.7 Å². The Kier molecular flexibility index (Phi) is 9.83. The molecule has 1 fully saturated rings. The second kappa shape index (κ2) is 12.1. The van der Waals surface area contributed by atoms with Crippen LogP contribution in [0.25, 0.3) is 0 Å². The van der Waals surface area contributed by atoms with Crippen molar-refractivity contribution < 1.29 is 42.9 Å². The molecule has 1 aliphatic heterocycles. The Labute approximate surface area is 189 Å². The van der Waals surface area contributed by atoms with Crippen molar-refractivity contribution >= 4 is 52.4 Å². The van der Waals surface area contributed by atoms with Gasteiger partial charge in [0.2, 0.25) is 0 Å². The quantitative estimate of drug-likeness (QED) is 0.277. The van der Waals surface area contributed by atoms with Gasteiger partial charge in [0.25, 0.3) is 0 Å². The van der Waals surface area contributed by atoms with E-state index < -0.39 is 53.7 Å². The summed E-state index contributed by atoms with van der Waals surface area (Å²) in [5, 5.41) is 0. The Balaban J connectivity index is 2.35. The van der Waals surface area contributed by atoms with Gasteiger partial charge >= 0.3 is 190 Å². The molecule has 1 heterocycles. The first-order valence-corrected chi connectivity index (χ1v) is 13.1. The molecule has 0 bridgehead atoms. The van der Waals surface area contributed by atoms with Gasteiger partial charge in [0, 0.05) is 0 Å². The van der Waals surface area contributed by atoms with Gasteiger partial charge < -0.3 is 0 Å². The molecule has 0 radical (unpaired) electrons. The van der Waals surface area contributed by atoms with Crippen LogP contribution in [0.2, 0.25) is 0 Å². The Bertz CT molecular complexity index is 788. The molecule has 31 heavy (non-hydrogen) atoms. The van der Waals surface area contributed by atoms with Crippen LogP contribution in [0.5, 0.6) is 0 Å². The van der Waals surface area contributed by atoms with E-state index in [0.29, 0.717) is 0 Å². The van der Waals surface area contributed by atoms with Gasteiger partial charge in [-0.1, -0.05) is 0 Å². The average Bonchev–Trinajstić information content (AvgIpc) is 2.68. The maximum absolute atomic E-state index is 11.8. The van der Waals surface area contributed by atoms with Crippen LogP contribution in [0, 0.1) is 0 Å². The zero-order valence-electron chi connectivity index (χ0n) is 17.5. The third-order valence-corrected chi connectivity index (χ3v) is 8.37. The fraction of sp³-hybridized carbons (Fsp3) is 0.500. The van der Waals surface area contributed by atoms with Crippen molar-refractivity contribution in [2.75, 3.05) is 6.61 Å². The van der Waals surface area contributed by atoms with Crippen LogP contribution in [-0.4, -0.2) is 74.2 Å². The molecule has 11 heteroatoms. The molecule has 0 amide bonds. The van der Waals surface area contributed by atoms with Gasteiger partial charge in [-0.3, -0.25) is 0 Å². The van der Waals surface area contributed by atoms with E-state index in [1.165, 1.54) is 37.9 Å². The first-order chi connectivity index (χ1) is 14.7. The fourth-order valence-electron chi connectivity index (χ4n) is 2.85. The molecule has 0 spiro atoms. The van der Waals surface area contributed by atoms with Crippen molar-refractivity contribution in [2.24, 2.45) is 0 Å². The van der Waals surface area contributed by atoms with E-state index in [1.807, 2.05) is 30.3 Å². The normalized spacial score (nSPS) is 25.2.